The van der Waals surface area contributed by atoms with Crippen LogP contribution in [0, 0.1) is 6.92 Å². The monoisotopic (exact) mass is 314 g/mol. The van der Waals surface area contributed by atoms with Gasteiger partial charge in [0.25, 0.3) is 0 Å². The Morgan fingerprint density at radius 2 is 2.17 bits per heavy atom. The SMILES string of the molecule is Cc1c(C(=O)OCc2cc(=O)oc3cc(O)ccc23)cnn1C. The first-order valence-electron chi connectivity index (χ1n) is 6.87. The lowest BCUT2D eigenvalue weighted by Crippen LogP contribution is -2.09. The smallest absolute Gasteiger partial charge is 0.341 e. The Labute approximate surface area is 130 Å². The van der Waals surface area contributed by atoms with E-state index in [1.165, 1.54) is 24.4 Å². The van der Waals surface area contributed by atoms with Crippen LogP contribution in [0.3, 0.4) is 0 Å². The number of ether oxygens (including phenoxy) is 1. The summed E-state index contributed by atoms with van der Waals surface area (Å²) < 4.78 is 11.9. The predicted molar refractivity (Wildman–Crippen MR) is 81.2 cm³/mol. The highest BCUT2D eigenvalue weighted by atomic mass is 16.5. The first kappa shape index (κ1) is 14.8. The number of aryl methyl sites for hydroxylation is 1. The molecule has 0 aliphatic heterocycles. The number of rotatable bonds is 3. The molecule has 0 bridgehead atoms. The number of carbonyl (C=O) groups excluding carboxylic acids is 1. The molecular formula is C16H14N2O5. The van der Waals surface area contributed by atoms with Crippen molar-refractivity contribution in [3.63, 3.8) is 0 Å². The topological polar surface area (TPSA) is 94.6 Å². The molecule has 118 valence electrons. The van der Waals surface area contributed by atoms with Crippen LogP contribution in [0.5, 0.6) is 5.75 Å². The lowest BCUT2D eigenvalue weighted by molar-refractivity contribution is 0.0473. The zero-order valence-electron chi connectivity index (χ0n) is 12.6. The number of aromatic hydroxyl groups is 1. The van der Waals surface area contributed by atoms with E-state index in [-0.39, 0.29) is 17.9 Å². The van der Waals surface area contributed by atoms with Crippen molar-refractivity contribution in [2.45, 2.75) is 13.5 Å². The third-order valence-electron chi connectivity index (χ3n) is 3.63. The molecule has 0 radical (unpaired) electrons. The summed E-state index contributed by atoms with van der Waals surface area (Å²) in [7, 11) is 1.73. The van der Waals surface area contributed by atoms with E-state index in [1.54, 1.807) is 24.7 Å². The Balaban J connectivity index is 1.89. The van der Waals surface area contributed by atoms with Crippen molar-refractivity contribution in [2.24, 2.45) is 7.05 Å². The molecule has 0 aliphatic carbocycles. The molecule has 0 saturated heterocycles. The van der Waals surface area contributed by atoms with Crippen LogP contribution in [0.1, 0.15) is 21.6 Å². The molecule has 1 N–H and O–H groups in total. The minimum atomic E-state index is -0.577. The number of hydrogen-bond acceptors (Lipinski definition) is 6. The first-order chi connectivity index (χ1) is 11.0. The minimum absolute atomic E-state index is 0.0132. The quantitative estimate of drug-likeness (QED) is 0.586. The van der Waals surface area contributed by atoms with Gasteiger partial charge in [-0.25, -0.2) is 9.59 Å². The van der Waals surface area contributed by atoms with Crippen LogP contribution in [0.2, 0.25) is 0 Å². The lowest BCUT2D eigenvalue weighted by Gasteiger charge is -2.07. The fraction of sp³-hybridized carbons (Fsp3) is 0.188. The second kappa shape index (κ2) is 5.60. The maximum atomic E-state index is 12.1. The molecule has 3 aromatic rings. The number of phenols is 1. The Bertz CT molecular complexity index is 955. The highest BCUT2D eigenvalue weighted by molar-refractivity contribution is 5.90. The second-order valence-corrected chi connectivity index (χ2v) is 5.11. The Kier molecular flexibility index (Phi) is 3.61. The van der Waals surface area contributed by atoms with E-state index in [1.807, 2.05) is 0 Å². The summed E-state index contributed by atoms with van der Waals surface area (Å²) in [6, 6.07) is 5.68. The van der Waals surface area contributed by atoms with Gasteiger partial charge in [-0.1, -0.05) is 0 Å². The fourth-order valence-corrected chi connectivity index (χ4v) is 2.26. The van der Waals surface area contributed by atoms with Gasteiger partial charge in [-0.05, 0) is 19.1 Å². The van der Waals surface area contributed by atoms with E-state index in [9.17, 15) is 14.7 Å². The van der Waals surface area contributed by atoms with Crippen LogP contribution in [0.15, 0.2) is 39.7 Å². The summed E-state index contributed by atoms with van der Waals surface area (Å²) in [5, 5.41) is 14.0. The van der Waals surface area contributed by atoms with Gasteiger partial charge in [-0.3, -0.25) is 4.68 Å². The van der Waals surface area contributed by atoms with E-state index < -0.39 is 11.6 Å². The average Bonchev–Trinajstić information content (AvgIpc) is 2.83. The van der Waals surface area contributed by atoms with Crippen LogP contribution in [-0.2, 0) is 18.4 Å². The van der Waals surface area contributed by atoms with Crippen LogP contribution in [0.25, 0.3) is 11.0 Å². The molecule has 1 aromatic carbocycles. The zero-order valence-corrected chi connectivity index (χ0v) is 12.6. The van der Waals surface area contributed by atoms with E-state index in [0.29, 0.717) is 22.2 Å². The average molecular weight is 314 g/mol. The third kappa shape index (κ3) is 2.80. The summed E-state index contributed by atoms with van der Waals surface area (Å²) in [6.07, 6.45) is 1.44. The number of benzene rings is 1. The molecule has 2 aromatic heterocycles. The van der Waals surface area contributed by atoms with Gasteiger partial charge in [0.05, 0.1) is 6.20 Å². The Morgan fingerprint density at radius 3 is 2.87 bits per heavy atom. The van der Waals surface area contributed by atoms with Crippen molar-refractivity contribution in [3.05, 3.63) is 57.7 Å². The zero-order chi connectivity index (χ0) is 16.6. The standard InChI is InChI=1S/C16H14N2O5/c1-9-13(7-17-18(9)2)16(21)22-8-10-5-15(20)23-14-6-11(19)3-4-12(10)14/h3-7,19H,8H2,1-2H3. The van der Waals surface area contributed by atoms with Gasteiger partial charge in [-0.15, -0.1) is 0 Å². The van der Waals surface area contributed by atoms with Crippen molar-refractivity contribution < 1.29 is 19.1 Å². The number of hydrogen-bond donors (Lipinski definition) is 1. The van der Waals surface area contributed by atoms with E-state index in [0.717, 1.165) is 0 Å². The Hall–Kier alpha value is -3.09. The highest BCUT2D eigenvalue weighted by Gasteiger charge is 2.15. The van der Waals surface area contributed by atoms with Crippen molar-refractivity contribution in [1.29, 1.82) is 0 Å². The number of aromatic nitrogens is 2. The second-order valence-electron chi connectivity index (χ2n) is 5.11. The molecular weight excluding hydrogens is 300 g/mol. The number of fused-ring (bicyclic) bond motifs is 1. The minimum Gasteiger partial charge on any atom is -0.508 e. The third-order valence-corrected chi connectivity index (χ3v) is 3.63. The van der Waals surface area contributed by atoms with Crippen molar-refractivity contribution in [2.75, 3.05) is 0 Å². The summed E-state index contributed by atoms with van der Waals surface area (Å²) in [4.78, 5) is 23.7. The van der Waals surface area contributed by atoms with Crippen molar-refractivity contribution in [1.82, 2.24) is 9.78 Å². The molecule has 0 unspecified atom stereocenters. The molecule has 3 rings (SSSR count). The van der Waals surface area contributed by atoms with Gasteiger partial charge in [-0.2, -0.15) is 5.10 Å². The van der Waals surface area contributed by atoms with Crippen LogP contribution >= 0.6 is 0 Å². The van der Waals surface area contributed by atoms with Gasteiger partial charge in [0, 0.05) is 35.8 Å². The van der Waals surface area contributed by atoms with Crippen molar-refractivity contribution in [3.8, 4) is 5.75 Å². The van der Waals surface area contributed by atoms with Gasteiger partial charge in [0.1, 0.15) is 23.5 Å². The van der Waals surface area contributed by atoms with E-state index in [2.05, 4.69) is 5.10 Å². The number of esters is 1. The largest absolute Gasteiger partial charge is 0.508 e. The molecule has 7 heteroatoms. The van der Waals surface area contributed by atoms with Gasteiger partial charge in [0.15, 0.2) is 0 Å². The molecule has 2 heterocycles. The first-order valence-corrected chi connectivity index (χ1v) is 6.87. The van der Waals surface area contributed by atoms with Gasteiger partial charge < -0.3 is 14.3 Å². The summed E-state index contributed by atoms with van der Waals surface area (Å²) in [5.74, 6) is -0.531. The fourth-order valence-electron chi connectivity index (χ4n) is 2.26. The number of carbonyl (C=O) groups is 1. The highest BCUT2D eigenvalue weighted by Crippen LogP contribution is 2.22. The molecule has 7 nitrogen and oxygen atoms in total. The van der Waals surface area contributed by atoms with Crippen molar-refractivity contribution >= 4 is 16.9 Å². The molecule has 23 heavy (non-hydrogen) atoms. The number of nitrogens with zero attached hydrogens (tertiary/aromatic N) is 2. The number of phenolic OH excluding ortho intramolecular Hbond substituents is 1. The lowest BCUT2D eigenvalue weighted by atomic mass is 10.1. The summed E-state index contributed by atoms with van der Waals surface area (Å²) in [5.41, 5.74) is 1.23. The van der Waals surface area contributed by atoms with E-state index >= 15 is 0 Å². The maximum absolute atomic E-state index is 12.1. The molecule has 0 fully saturated rings. The molecule has 0 aliphatic rings. The summed E-state index contributed by atoms with van der Waals surface area (Å²) in [6.45, 7) is 1.68. The molecule has 0 spiro atoms. The predicted octanol–water partition coefficient (Wildman–Crippen LogP) is 1.90. The van der Waals surface area contributed by atoms with Gasteiger partial charge in [0.2, 0.25) is 0 Å². The summed E-state index contributed by atoms with van der Waals surface area (Å²) >= 11 is 0. The normalized spacial score (nSPS) is 10.9. The van der Waals surface area contributed by atoms with Crippen LogP contribution in [0.4, 0.5) is 0 Å². The van der Waals surface area contributed by atoms with Gasteiger partial charge >= 0.3 is 11.6 Å². The maximum Gasteiger partial charge on any atom is 0.341 e. The molecule has 0 amide bonds. The van der Waals surface area contributed by atoms with E-state index in [4.69, 9.17) is 9.15 Å². The molecule has 0 atom stereocenters. The van der Waals surface area contributed by atoms with Crippen LogP contribution < -0.4 is 5.63 Å². The van der Waals surface area contributed by atoms with Crippen LogP contribution in [-0.4, -0.2) is 20.9 Å². The Morgan fingerprint density at radius 1 is 1.39 bits per heavy atom. The molecule has 0 saturated carbocycles.